The van der Waals surface area contributed by atoms with Gasteiger partial charge in [0.25, 0.3) is 5.91 Å². The Morgan fingerprint density at radius 1 is 1.15 bits per heavy atom. The highest BCUT2D eigenvalue weighted by molar-refractivity contribution is 6.04. The van der Waals surface area contributed by atoms with Gasteiger partial charge in [-0.1, -0.05) is 18.2 Å². The molecule has 1 saturated heterocycles. The quantitative estimate of drug-likeness (QED) is 0.535. The van der Waals surface area contributed by atoms with Gasteiger partial charge >= 0.3 is 5.97 Å². The average Bonchev–Trinajstić information content (AvgIpc) is 2.84. The molecule has 0 unspecified atom stereocenters. The van der Waals surface area contributed by atoms with Gasteiger partial charge in [0.05, 0.1) is 39.1 Å². The first-order chi connectivity index (χ1) is 16.0. The number of amides is 1. The molecule has 0 atom stereocenters. The number of morpholine rings is 1. The van der Waals surface area contributed by atoms with Crippen LogP contribution in [-0.2, 0) is 27.2 Å². The van der Waals surface area contributed by atoms with E-state index in [1.54, 1.807) is 6.92 Å². The maximum absolute atomic E-state index is 12.5. The van der Waals surface area contributed by atoms with Crippen LogP contribution >= 0.6 is 0 Å². The van der Waals surface area contributed by atoms with E-state index in [4.69, 9.17) is 4.74 Å². The highest BCUT2D eigenvalue weighted by Gasteiger charge is 2.11. The van der Waals surface area contributed by atoms with Crippen LogP contribution in [0.3, 0.4) is 0 Å². The van der Waals surface area contributed by atoms with Gasteiger partial charge in [0, 0.05) is 24.7 Å². The van der Waals surface area contributed by atoms with Crippen molar-refractivity contribution in [1.82, 2.24) is 10.3 Å². The first-order valence-electron chi connectivity index (χ1n) is 11.3. The molecule has 1 amide bonds. The van der Waals surface area contributed by atoms with E-state index >= 15 is 0 Å². The first kappa shape index (κ1) is 24.4. The lowest BCUT2D eigenvalue weighted by Crippen LogP contribution is -2.32. The fraction of sp³-hybridized carbons (Fsp3) is 0.400. The smallest absolute Gasteiger partial charge is 0.302 e. The average molecular weight is 453 g/mol. The zero-order valence-corrected chi connectivity index (χ0v) is 19.3. The number of fused-ring (bicyclic) bond motifs is 1. The summed E-state index contributed by atoms with van der Waals surface area (Å²) in [4.78, 5) is 22.3. The summed E-state index contributed by atoms with van der Waals surface area (Å²) in [6.45, 7) is 8.58. The number of rotatable bonds is 5. The maximum Gasteiger partial charge on any atom is 0.302 e. The summed E-state index contributed by atoms with van der Waals surface area (Å²) >= 11 is 0. The van der Waals surface area contributed by atoms with E-state index in [1.807, 2.05) is 41.6 Å². The Hall–Kier alpha value is -3.23. The van der Waals surface area contributed by atoms with Crippen LogP contribution in [0, 0.1) is 0 Å². The van der Waals surface area contributed by atoms with Crippen LogP contribution in [0.15, 0.2) is 47.6 Å². The van der Waals surface area contributed by atoms with Crippen LogP contribution in [0.4, 0.5) is 5.69 Å². The molecule has 2 N–H and O–H groups in total. The van der Waals surface area contributed by atoms with Crippen LogP contribution in [0.2, 0.25) is 0 Å². The van der Waals surface area contributed by atoms with Gasteiger partial charge in [-0.3, -0.25) is 14.6 Å². The van der Waals surface area contributed by atoms with Crippen molar-refractivity contribution in [3.63, 3.8) is 0 Å². The van der Waals surface area contributed by atoms with E-state index in [2.05, 4.69) is 32.6 Å². The molecule has 0 radical (unpaired) electrons. The summed E-state index contributed by atoms with van der Waals surface area (Å²) in [6, 6.07) is 13.6. The number of hydrogen-bond donors (Lipinski definition) is 2. The standard InChI is InChI=1S/C21H24N4O2.C4H8O2/c26-21(24-20-6-5-17-7-8-22-15-19(17)13-20)18-3-1-16(2-4-18)14-23-25-9-11-27-12-10-25;1-3-6-4(2)5/h1-6,13-14,22H,7-12,15H2,(H,24,26);3H2,1-2H3. The second kappa shape index (κ2) is 12.7. The Bertz CT molecular complexity index is 953. The topological polar surface area (TPSA) is 92.3 Å². The number of esters is 1. The van der Waals surface area contributed by atoms with Gasteiger partial charge < -0.3 is 20.1 Å². The molecule has 0 bridgehead atoms. The van der Waals surface area contributed by atoms with Gasteiger partial charge in [-0.05, 0) is 60.8 Å². The number of hydrogen-bond acceptors (Lipinski definition) is 7. The minimum absolute atomic E-state index is 0.101. The van der Waals surface area contributed by atoms with Crippen LogP contribution in [-0.4, -0.2) is 62.6 Å². The molecule has 2 heterocycles. The van der Waals surface area contributed by atoms with Crippen molar-refractivity contribution < 1.29 is 19.1 Å². The van der Waals surface area contributed by atoms with Crippen LogP contribution in [0.25, 0.3) is 0 Å². The lowest BCUT2D eigenvalue weighted by atomic mass is 10.0. The number of nitrogens with zero attached hydrogens (tertiary/aromatic N) is 2. The van der Waals surface area contributed by atoms with Crippen molar-refractivity contribution >= 4 is 23.8 Å². The zero-order chi connectivity index (χ0) is 23.5. The molecule has 176 valence electrons. The van der Waals surface area contributed by atoms with Gasteiger partial charge in [0.2, 0.25) is 0 Å². The number of carbonyl (C=O) groups is 2. The Morgan fingerprint density at radius 3 is 2.58 bits per heavy atom. The van der Waals surface area contributed by atoms with Gasteiger partial charge in [-0.15, -0.1) is 0 Å². The normalized spacial score (nSPS) is 15.3. The van der Waals surface area contributed by atoms with E-state index in [-0.39, 0.29) is 11.9 Å². The largest absolute Gasteiger partial charge is 0.466 e. The third kappa shape index (κ3) is 8.00. The molecular formula is C25H32N4O4. The molecule has 1 fully saturated rings. The van der Waals surface area contributed by atoms with Gasteiger partial charge in [-0.25, -0.2) is 0 Å². The predicted octanol–water partition coefficient (Wildman–Crippen LogP) is 2.82. The summed E-state index contributed by atoms with van der Waals surface area (Å²) < 4.78 is 9.71. The summed E-state index contributed by atoms with van der Waals surface area (Å²) in [5, 5.41) is 12.8. The molecule has 2 aliphatic rings. The predicted molar refractivity (Wildman–Crippen MR) is 129 cm³/mol. The fourth-order valence-corrected chi connectivity index (χ4v) is 3.50. The summed E-state index contributed by atoms with van der Waals surface area (Å²) in [6.07, 6.45) is 2.86. The van der Waals surface area contributed by atoms with E-state index in [0.717, 1.165) is 57.1 Å². The Kier molecular flexibility index (Phi) is 9.41. The van der Waals surface area contributed by atoms with Gasteiger partial charge in [0.15, 0.2) is 0 Å². The first-order valence-corrected chi connectivity index (χ1v) is 11.3. The lowest BCUT2D eigenvalue weighted by Gasteiger charge is -2.23. The highest BCUT2D eigenvalue weighted by Crippen LogP contribution is 2.19. The number of ether oxygens (including phenoxy) is 2. The summed E-state index contributed by atoms with van der Waals surface area (Å²) in [7, 11) is 0. The number of hydrazone groups is 1. The van der Waals surface area contributed by atoms with E-state index in [0.29, 0.717) is 12.2 Å². The van der Waals surface area contributed by atoms with Crippen molar-refractivity contribution in [3.8, 4) is 0 Å². The third-order valence-electron chi connectivity index (χ3n) is 5.23. The van der Waals surface area contributed by atoms with Crippen molar-refractivity contribution in [2.45, 2.75) is 26.8 Å². The molecule has 0 aromatic heterocycles. The van der Waals surface area contributed by atoms with E-state index in [9.17, 15) is 9.59 Å². The second-order valence-corrected chi connectivity index (χ2v) is 7.72. The van der Waals surface area contributed by atoms with Gasteiger partial charge in [-0.2, -0.15) is 5.10 Å². The number of nitrogens with one attached hydrogen (secondary N) is 2. The molecular weight excluding hydrogens is 420 g/mol. The van der Waals surface area contributed by atoms with Crippen molar-refractivity contribution in [2.24, 2.45) is 5.10 Å². The Balaban J connectivity index is 0.000000454. The molecule has 2 aromatic carbocycles. The minimum Gasteiger partial charge on any atom is -0.466 e. The van der Waals surface area contributed by atoms with Crippen LogP contribution < -0.4 is 10.6 Å². The molecule has 8 nitrogen and oxygen atoms in total. The highest BCUT2D eigenvalue weighted by atomic mass is 16.5. The van der Waals surface area contributed by atoms with Crippen molar-refractivity contribution in [1.29, 1.82) is 0 Å². The monoisotopic (exact) mass is 452 g/mol. The lowest BCUT2D eigenvalue weighted by molar-refractivity contribution is -0.140. The SMILES string of the molecule is CCOC(C)=O.O=C(Nc1ccc2c(c1)CNCC2)c1ccc(C=NN2CCOCC2)cc1. The van der Waals surface area contributed by atoms with Crippen LogP contribution in [0.1, 0.15) is 40.9 Å². The third-order valence-corrected chi connectivity index (χ3v) is 5.23. The van der Waals surface area contributed by atoms with E-state index in [1.165, 1.54) is 18.1 Å². The fourth-order valence-electron chi connectivity index (χ4n) is 3.50. The molecule has 4 rings (SSSR count). The van der Waals surface area contributed by atoms with Crippen molar-refractivity contribution in [3.05, 3.63) is 64.7 Å². The molecule has 0 aliphatic carbocycles. The second-order valence-electron chi connectivity index (χ2n) is 7.72. The molecule has 2 aliphatic heterocycles. The van der Waals surface area contributed by atoms with Crippen molar-refractivity contribution in [2.75, 3.05) is 44.8 Å². The van der Waals surface area contributed by atoms with Gasteiger partial charge in [0.1, 0.15) is 0 Å². The molecule has 33 heavy (non-hydrogen) atoms. The summed E-state index contributed by atoms with van der Waals surface area (Å²) in [5.74, 6) is -0.312. The van der Waals surface area contributed by atoms with Crippen LogP contribution in [0.5, 0.6) is 0 Å². The Labute approximate surface area is 195 Å². The molecule has 8 heteroatoms. The number of benzene rings is 2. The number of carbonyl (C=O) groups excluding carboxylic acids is 2. The molecule has 0 spiro atoms. The van der Waals surface area contributed by atoms with E-state index < -0.39 is 0 Å². The number of anilines is 1. The zero-order valence-electron chi connectivity index (χ0n) is 19.3. The minimum atomic E-state index is -0.211. The Morgan fingerprint density at radius 2 is 1.91 bits per heavy atom. The maximum atomic E-state index is 12.5. The molecule has 2 aromatic rings. The molecule has 0 saturated carbocycles. The summed E-state index contributed by atoms with van der Waals surface area (Å²) in [5.41, 5.74) is 5.05.